The van der Waals surface area contributed by atoms with Gasteiger partial charge in [0.1, 0.15) is 12.6 Å². The number of rotatable bonds is 23. The smallest absolute Gasteiger partial charge is 0.303 e. The van der Waals surface area contributed by atoms with Gasteiger partial charge in [0.2, 0.25) is 0 Å². The Balaban J connectivity index is 3.99. The first-order valence-electron chi connectivity index (χ1n) is 13.8. The predicted octanol–water partition coefficient (Wildman–Crippen LogP) is 7.08. The molecule has 0 spiro atoms. The average Bonchev–Trinajstić information content (AvgIpc) is 2.73. The van der Waals surface area contributed by atoms with Gasteiger partial charge in [0.05, 0.1) is 27.1 Å². The van der Waals surface area contributed by atoms with Crippen molar-refractivity contribution in [3.8, 4) is 0 Å². The molecule has 0 aliphatic carbocycles. The topological polar surface area (TPSA) is 58.6 Å². The number of carboxylic acids is 1. The highest BCUT2D eigenvalue weighted by atomic mass is 32.1. The monoisotopic (exact) mass is 487 g/mol. The Hall–Kier alpha value is -0.880. The van der Waals surface area contributed by atoms with Gasteiger partial charge >= 0.3 is 5.97 Å². The van der Waals surface area contributed by atoms with Gasteiger partial charge in [-0.15, -0.1) is 0 Å². The predicted molar refractivity (Wildman–Crippen MR) is 145 cm³/mol. The summed E-state index contributed by atoms with van der Waals surface area (Å²) in [6.07, 6.45) is 21.1. The Labute approximate surface area is 210 Å². The molecule has 0 aliphatic rings. The molecule has 0 radical (unpaired) electrons. The van der Waals surface area contributed by atoms with Crippen molar-refractivity contribution in [1.29, 1.82) is 0 Å². The summed E-state index contributed by atoms with van der Waals surface area (Å²) in [5.74, 6) is -0.724. The number of nitrogens with zero attached hydrogens (tertiary/aromatic N) is 1. The molecule has 33 heavy (non-hydrogen) atoms. The zero-order valence-corrected chi connectivity index (χ0v) is 23.2. The molecule has 0 aliphatic heterocycles. The van der Waals surface area contributed by atoms with Crippen molar-refractivity contribution < 1.29 is 19.1 Å². The molecule has 0 rings (SSSR count). The molecule has 0 fully saturated rings. The third kappa shape index (κ3) is 22.7. The number of quaternary nitrogens is 1. The van der Waals surface area contributed by atoms with Crippen molar-refractivity contribution in [3.05, 3.63) is 0 Å². The van der Waals surface area contributed by atoms with E-state index in [1.165, 1.54) is 83.5 Å². The van der Waals surface area contributed by atoms with Gasteiger partial charge in [-0.25, -0.2) is 0 Å². The summed E-state index contributed by atoms with van der Waals surface area (Å²) in [4.78, 5) is 10.8. The van der Waals surface area contributed by atoms with Crippen LogP contribution in [-0.4, -0.2) is 60.6 Å². The van der Waals surface area contributed by atoms with Crippen molar-refractivity contribution in [1.82, 2.24) is 5.32 Å². The Morgan fingerprint density at radius 3 is 1.79 bits per heavy atom. The van der Waals surface area contributed by atoms with E-state index in [2.05, 4.69) is 26.3 Å². The van der Waals surface area contributed by atoms with Gasteiger partial charge in [-0.05, 0) is 32.0 Å². The van der Waals surface area contributed by atoms with Crippen LogP contribution >= 0.6 is 12.2 Å². The Morgan fingerprint density at radius 1 is 0.848 bits per heavy atom. The molecule has 0 saturated carbocycles. The van der Waals surface area contributed by atoms with Crippen LogP contribution in [0.15, 0.2) is 0 Å². The number of hydrogen-bond donors (Lipinski definition) is 2. The van der Waals surface area contributed by atoms with Gasteiger partial charge in [0.25, 0.3) is 5.17 Å². The largest absolute Gasteiger partial charge is 0.481 e. The third-order valence-electron chi connectivity index (χ3n) is 6.33. The molecule has 5 nitrogen and oxygen atoms in total. The SMILES string of the molecule is CCCCCCCCCCCCCCCCC(C[N+](C)(C)CCCC(=O)O)OC(=S)NCC. The number of hydrogen-bond acceptors (Lipinski definition) is 3. The lowest BCUT2D eigenvalue weighted by atomic mass is 10.0. The molecule has 196 valence electrons. The van der Waals surface area contributed by atoms with Crippen LogP contribution in [0.4, 0.5) is 0 Å². The molecule has 1 unspecified atom stereocenters. The van der Waals surface area contributed by atoms with E-state index in [0.29, 0.717) is 11.6 Å². The van der Waals surface area contributed by atoms with E-state index in [4.69, 9.17) is 22.1 Å². The highest BCUT2D eigenvalue weighted by Crippen LogP contribution is 2.16. The van der Waals surface area contributed by atoms with Crippen molar-refractivity contribution >= 4 is 23.4 Å². The summed E-state index contributed by atoms with van der Waals surface area (Å²) in [6, 6.07) is 0. The van der Waals surface area contributed by atoms with Crippen LogP contribution in [0, 0.1) is 0 Å². The maximum absolute atomic E-state index is 10.8. The number of unbranched alkanes of at least 4 members (excludes halogenated alkanes) is 13. The number of ether oxygens (including phenoxy) is 1. The summed E-state index contributed by atoms with van der Waals surface area (Å²) in [7, 11) is 4.30. The molecule has 1 atom stereocenters. The second kappa shape index (κ2) is 21.6. The Kier molecular flexibility index (Phi) is 21.1. The molecule has 0 aromatic carbocycles. The van der Waals surface area contributed by atoms with Crippen LogP contribution in [0.2, 0.25) is 0 Å². The molecule has 0 amide bonds. The zero-order chi connectivity index (χ0) is 24.8. The molecule has 6 heteroatoms. The van der Waals surface area contributed by atoms with E-state index in [9.17, 15) is 4.79 Å². The summed E-state index contributed by atoms with van der Waals surface area (Å²) < 4.78 is 6.81. The van der Waals surface area contributed by atoms with Gasteiger partial charge in [-0.1, -0.05) is 90.4 Å². The number of likely N-dealkylation sites (N-methyl/N-ethyl adjacent to an activating group) is 1. The van der Waals surface area contributed by atoms with E-state index in [-0.39, 0.29) is 12.5 Å². The first kappa shape index (κ1) is 32.1. The number of carbonyl (C=O) groups is 1. The molecule has 2 N–H and O–H groups in total. The minimum atomic E-state index is -0.724. The van der Waals surface area contributed by atoms with E-state index in [1.54, 1.807) is 0 Å². The molecular formula is C27H55N2O3S+. The lowest BCUT2D eigenvalue weighted by Crippen LogP contribution is -2.47. The first-order valence-corrected chi connectivity index (χ1v) is 14.2. The van der Waals surface area contributed by atoms with Crippen LogP contribution in [0.3, 0.4) is 0 Å². The van der Waals surface area contributed by atoms with Gasteiger partial charge in [-0.3, -0.25) is 4.79 Å². The standard InChI is InChI=1S/C27H54N2O3S/c1-5-7-8-9-10-11-12-13-14-15-16-17-18-19-21-25(32-27(33)28-6-2)24-29(3,4)23-20-22-26(30)31/h25H,5-24H2,1-4H3,(H-,28,30,31,33)/p+1. The van der Waals surface area contributed by atoms with Crippen molar-refractivity contribution in [3.63, 3.8) is 0 Å². The average molecular weight is 488 g/mol. The van der Waals surface area contributed by atoms with Crippen molar-refractivity contribution in [2.24, 2.45) is 0 Å². The minimum absolute atomic E-state index is 0.0775. The molecular weight excluding hydrogens is 432 g/mol. The van der Waals surface area contributed by atoms with Gasteiger partial charge < -0.3 is 19.6 Å². The van der Waals surface area contributed by atoms with Gasteiger partial charge in [0, 0.05) is 13.0 Å². The second-order valence-electron chi connectivity index (χ2n) is 10.3. The number of aliphatic carboxylic acids is 1. The van der Waals surface area contributed by atoms with E-state index >= 15 is 0 Å². The van der Waals surface area contributed by atoms with Crippen LogP contribution in [0.25, 0.3) is 0 Å². The molecule has 0 aromatic heterocycles. The highest BCUT2D eigenvalue weighted by Gasteiger charge is 2.24. The minimum Gasteiger partial charge on any atom is -0.481 e. The van der Waals surface area contributed by atoms with E-state index < -0.39 is 5.97 Å². The summed E-state index contributed by atoms with van der Waals surface area (Å²) >= 11 is 5.33. The quantitative estimate of drug-likeness (QED) is 0.0916. The summed E-state index contributed by atoms with van der Waals surface area (Å²) in [6.45, 7) is 6.74. The molecule has 0 aromatic rings. The number of carboxylic acid groups (broad SMARTS) is 1. The van der Waals surface area contributed by atoms with Gasteiger partial charge in [-0.2, -0.15) is 0 Å². The molecule has 0 heterocycles. The normalized spacial score (nSPS) is 12.5. The number of nitrogens with one attached hydrogen (secondary N) is 1. The van der Waals surface area contributed by atoms with E-state index in [0.717, 1.165) is 37.0 Å². The van der Waals surface area contributed by atoms with Gasteiger partial charge in [0.15, 0.2) is 0 Å². The van der Waals surface area contributed by atoms with E-state index in [1.807, 2.05) is 6.92 Å². The summed E-state index contributed by atoms with van der Waals surface area (Å²) in [5.41, 5.74) is 0. The van der Waals surface area contributed by atoms with Crippen molar-refractivity contribution in [2.75, 3.05) is 33.7 Å². The lowest BCUT2D eigenvalue weighted by Gasteiger charge is -2.33. The Bertz CT molecular complexity index is 486. The maximum atomic E-state index is 10.8. The van der Waals surface area contributed by atoms with Crippen LogP contribution in [0.1, 0.15) is 123 Å². The van der Waals surface area contributed by atoms with Crippen LogP contribution < -0.4 is 5.32 Å². The second-order valence-corrected chi connectivity index (χ2v) is 10.7. The third-order valence-corrected chi connectivity index (χ3v) is 6.57. The summed E-state index contributed by atoms with van der Waals surface area (Å²) in [5, 5.41) is 12.5. The molecule has 0 saturated heterocycles. The number of thiocarbonyl (C=S) groups is 1. The zero-order valence-electron chi connectivity index (χ0n) is 22.3. The Morgan fingerprint density at radius 2 is 1.33 bits per heavy atom. The fourth-order valence-electron chi connectivity index (χ4n) is 4.39. The molecule has 0 bridgehead atoms. The maximum Gasteiger partial charge on any atom is 0.303 e. The first-order chi connectivity index (χ1) is 15.8. The highest BCUT2D eigenvalue weighted by molar-refractivity contribution is 7.80. The lowest BCUT2D eigenvalue weighted by molar-refractivity contribution is -0.893. The van der Waals surface area contributed by atoms with Crippen molar-refractivity contribution in [2.45, 2.75) is 129 Å². The fourth-order valence-corrected chi connectivity index (χ4v) is 4.67. The van der Waals surface area contributed by atoms with Crippen LogP contribution in [0.5, 0.6) is 0 Å². The fraction of sp³-hybridized carbons (Fsp3) is 0.926. The van der Waals surface area contributed by atoms with Crippen LogP contribution in [-0.2, 0) is 9.53 Å².